The number of likely N-dealkylation sites (N-methyl/N-ethyl adjacent to an activating group) is 1. The van der Waals surface area contributed by atoms with Crippen molar-refractivity contribution in [2.24, 2.45) is 0 Å². The summed E-state index contributed by atoms with van der Waals surface area (Å²) < 4.78 is 11.2. The molecule has 0 heterocycles. The summed E-state index contributed by atoms with van der Waals surface area (Å²) in [5.74, 6) is -1.76. The number of hydrogen-bond donors (Lipinski definition) is 0. The Morgan fingerprint density at radius 1 is 0.853 bits per heavy atom. The summed E-state index contributed by atoms with van der Waals surface area (Å²) in [6, 6.07) is 9.11. The molecule has 0 radical (unpaired) electrons. The summed E-state index contributed by atoms with van der Waals surface area (Å²) in [6.07, 6.45) is 2.59. The van der Waals surface area contributed by atoms with Gasteiger partial charge in [0.15, 0.2) is 0 Å². The van der Waals surface area contributed by atoms with Crippen LogP contribution in [0.5, 0.6) is 0 Å². The van der Waals surface area contributed by atoms with Gasteiger partial charge < -0.3 is 14.4 Å². The fourth-order valence-corrected chi connectivity index (χ4v) is 3.72. The monoisotopic (exact) mass is 485 g/mol. The number of carbonyl (C=O) groups is 3. The van der Waals surface area contributed by atoms with Gasteiger partial charge in [-0.25, -0.2) is 9.59 Å². The van der Waals surface area contributed by atoms with Crippen LogP contribution in [-0.4, -0.2) is 44.2 Å². The maximum atomic E-state index is 13.3. The van der Waals surface area contributed by atoms with Crippen LogP contribution in [0.15, 0.2) is 65.4 Å². The van der Waals surface area contributed by atoms with Crippen LogP contribution in [-0.2, 0) is 23.9 Å². The average Bonchev–Trinajstić information content (AvgIpc) is 2.66. The topological polar surface area (TPSA) is 72.9 Å². The molecule has 1 rings (SSSR count). The molecule has 0 aromatic heterocycles. The zero-order valence-electron chi connectivity index (χ0n) is 22.2. The van der Waals surface area contributed by atoms with Crippen molar-refractivity contribution in [3.63, 3.8) is 0 Å². The van der Waals surface area contributed by atoms with E-state index in [1.165, 1.54) is 17.1 Å². The van der Waals surface area contributed by atoms with Crippen LogP contribution in [0.1, 0.15) is 41.5 Å². The molecule has 34 heavy (non-hydrogen) atoms. The van der Waals surface area contributed by atoms with E-state index >= 15 is 0 Å². The third-order valence-corrected chi connectivity index (χ3v) is 6.63. The van der Waals surface area contributed by atoms with Crippen molar-refractivity contribution in [1.82, 2.24) is 0 Å². The van der Waals surface area contributed by atoms with Crippen LogP contribution < -0.4 is 4.90 Å². The third kappa shape index (κ3) is 9.13. The van der Waals surface area contributed by atoms with Crippen LogP contribution in [0.25, 0.3) is 0 Å². The number of para-hydroxylation sites is 1. The molecular formula is C27H39NO5Si. The van der Waals surface area contributed by atoms with Gasteiger partial charge in [0.25, 0.3) is 5.91 Å². The molecule has 0 aliphatic heterocycles. The van der Waals surface area contributed by atoms with Crippen LogP contribution in [0, 0.1) is 0 Å². The molecule has 0 saturated carbocycles. The number of hydrogen-bond acceptors (Lipinski definition) is 5. The van der Waals surface area contributed by atoms with E-state index in [2.05, 4.69) is 6.58 Å². The molecule has 7 heteroatoms. The molecule has 6 nitrogen and oxygen atoms in total. The van der Waals surface area contributed by atoms with Gasteiger partial charge in [-0.15, -0.1) is 0 Å². The van der Waals surface area contributed by atoms with Gasteiger partial charge >= 0.3 is 11.9 Å². The lowest BCUT2D eigenvalue weighted by Gasteiger charge is -2.27. The Hall–Kier alpha value is -2.93. The van der Waals surface area contributed by atoms with Crippen LogP contribution in [0.3, 0.4) is 0 Å². The van der Waals surface area contributed by atoms with E-state index in [-0.39, 0.29) is 17.1 Å². The molecule has 1 aromatic rings. The predicted molar refractivity (Wildman–Crippen MR) is 140 cm³/mol. The number of nitrogens with zero attached hydrogens (tertiary/aromatic N) is 1. The second-order valence-electron chi connectivity index (χ2n) is 11.1. The number of amides is 1. The van der Waals surface area contributed by atoms with E-state index in [1.54, 1.807) is 60.7 Å². The zero-order chi connectivity index (χ0) is 26.5. The van der Waals surface area contributed by atoms with E-state index < -0.39 is 31.2 Å². The van der Waals surface area contributed by atoms with Gasteiger partial charge in [0.2, 0.25) is 0 Å². The number of benzene rings is 1. The summed E-state index contributed by atoms with van der Waals surface area (Å²) in [5.41, 5.74) is -0.894. The number of carbonyl (C=O) groups excluding carboxylic acids is 3. The largest absolute Gasteiger partial charge is 0.456 e. The van der Waals surface area contributed by atoms with Gasteiger partial charge in [-0.3, -0.25) is 4.79 Å². The van der Waals surface area contributed by atoms with E-state index in [9.17, 15) is 14.4 Å². The van der Waals surface area contributed by atoms with Crippen LogP contribution >= 0.6 is 0 Å². The smallest absolute Gasteiger partial charge is 0.339 e. The minimum Gasteiger partial charge on any atom is -0.456 e. The quantitative estimate of drug-likeness (QED) is 0.217. The van der Waals surface area contributed by atoms with Gasteiger partial charge in [-0.2, -0.15) is 0 Å². The fourth-order valence-electron chi connectivity index (χ4n) is 2.73. The summed E-state index contributed by atoms with van der Waals surface area (Å²) in [6.45, 7) is 20.7. The number of ether oxygens (including phenoxy) is 2. The Balaban J connectivity index is 3.67. The van der Waals surface area contributed by atoms with Gasteiger partial charge in [0.1, 0.15) is 11.2 Å². The van der Waals surface area contributed by atoms with E-state index in [0.29, 0.717) is 10.9 Å². The molecule has 186 valence electrons. The normalized spacial score (nSPS) is 13.2. The highest BCUT2D eigenvalue weighted by atomic mass is 28.3. The highest BCUT2D eigenvalue weighted by Gasteiger charge is 2.34. The summed E-state index contributed by atoms with van der Waals surface area (Å²) >= 11 is 0. The molecule has 0 aliphatic rings. The van der Waals surface area contributed by atoms with Crippen LogP contribution in [0.2, 0.25) is 19.6 Å². The molecule has 0 bridgehead atoms. The maximum Gasteiger partial charge on any atom is 0.339 e. The number of esters is 2. The second-order valence-corrected chi connectivity index (χ2v) is 16.2. The third-order valence-electron chi connectivity index (χ3n) is 4.56. The minimum atomic E-state index is -2.15. The van der Waals surface area contributed by atoms with Crippen molar-refractivity contribution in [2.75, 3.05) is 11.9 Å². The lowest BCUT2D eigenvalue weighted by atomic mass is 10.1. The highest BCUT2D eigenvalue weighted by molar-refractivity contribution is 6.84. The van der Waals surface area contributed by atoms with Gasteiger partial charge in [0, 0.05) is 18.8 Å². The summed E-state index contributed by atoms with van der Waals surface area (Å²) in [5, 5.41) is 0.538. The molecule has 0 fully saturated rings. The molecular weight excluding hydrogens is 446 g/mol. The lowest BCUT2D eigenvalue weighted by molar-refractivity contribution is -0.153. The summed E-state index contributed by atoms with van der Waals surface area (Å²) in [7, 11) is -0.516. The molecule has 0 spiro atoms. The standard InChI is InChI=1S/C27H39NO5Si/c1-19(34(9,10)11)23(25(31)33-27(5,6)7)21(24(30)32-26(2,3)4)17-18-22(29)28(8)20-15-13-12-14-16-20/h12-18H,1H2,2-11H3/b18-17+,23-21-. The molecule has 1 amide bonds. The van der Waals surface area contributed by atoms with Crippen molar-refractivity contribution in [3.05, 3.63) is 65.4 Å². The second kappa shape index (κ2) is 11.0. The predicted octanol–water partition coefficient (Wildman–Crippen LogP) is 5.62. The Bertz CT molecular complexity index is 987. The molecule has 0 saturated heterocycles. The van der Waals surface area contributed by atoms with E-state index in [0.717, 1.165) is 0 Å². The van der Waals surface area contributed by atoms with Gasteiger partial charge in [-0.1, -0.05) is 49.6 Å². The number of rotatable bonds is 7. The van der Waals surface area contributed by atoms with Crippen molar-refractivity contribution in [3.8, 4) is 0 Å². The zero-order valence-corrected chi connectivity index (χ0v) is 23.2. The Morgan fingerprint density at radius 3 is 1.76 bits per heavy atom. The first kappa shape index (κ1) is 29.1. The first-order valence-corrected chi connectivity index (χ1v) is 14.7. The Labute approximate surface area is 205 Å². The molecule has 0 unspecified atom stereocenters. The first-order valence-electron chi connectivity index (χ1n) is 11.2. The van der Waals surface area contributed by atoms with Crippen molar-refractivity contribution < 1.29 is 23.9 Å². The van der Waals surface area contributed by atoms with Gasteiger partial charge in [-0.05, 0) is 59.8 Å². The first-order chi connectivity index (χ1) is 15.3. The fraction of sp³-hybridized carbons (Fsp3) is 0.444. The van der Waals surface area contributed by atoms with Crippen LogP contribution in [0.4, 0.5) is 5.69 Å². The lowest BCUT2D eigenvalue weighted by Crippen LogP contribution is -2.34. The van der Waals surface area contributed by atoms with E-state index in [1.807, 2.05) is 37.8 Å². The minimum absolute atomic E-state index is 0.0496. The molecule has 1 aromatic carbocycles. The Morgan fingerprint density at radius 2 is 1.32 bits per heavy atom. The summed E-state index contributed by atoms with van der Waals surface area (Å²) in [4.78, 5) is 40.9. The van der Waals surface area contributed by atoms with Crippen molar-refractivity contribution in [1.29, 1.82) is 0 Å². The number of anilines is 1. The Kier molecular flexibility index (Phi) is 9.41. The SMILES string of the molecule is C=C(/C(C(=O)OC(C)(C)C)=C(\C=C\C(=O)N(C)c1ccccc1)C(=O)OC(C)(C)C)[Si](C)(C)C. The van der Waals surface area contributed by atoms with Gasteiger partial charge in [0.05, 0.1) is 19.2 Å². The molecule has 0 atom stereocenters. The maximum absolute atomic E-state index is 13.3. The van der Waals surface area contributed by atoms with E-state index in [4.69, 9.17) is 9.47 Å². The molecule has 0 N–H and O–H groups in total. The highest BCUT2D eigenvalue weighted by Crippen LogP contribution is 2.29. The molecule has 0 aliphatic carbocycles. The van der Waals surface area contributed by atoms with Crippen molar-refractivity contribution >= 4 is 31.6 Å². The van der Waals surface area contributed by atoms with Crippen molar-refractivity contribution in [2.45, 2.75) is 72.4 Å². The average molecular weight is 486 g/mol.